The highest BCUT2D eigenvalue weighted by Crippen LogP contribution is 2.33. The summed E-state index contributed by atoms with van der Waals surface area (Å²) in [4.78, 5) is 15.2. The smallest absolute Gasteiger partial charge is 0.262 e. The lowest BCUT2D eigenvalue weighted by atomic mass is 10.0. The van der Waals surface area contributed by atoms with Crippen molar-refractivity contribution in [2.75, 3.05) is 11.9 Å². The number of nitrogens with one attached hydrogen (secondary N) is 1. The van der Waals surface area contributed by atoms with E-state index in [1.165, 1.54) is 6.20 Å². The van der Waals surface area contributed by atoms with Crippen molar-refractivity contribution in [3.8, 4) is 22.9 Å². The predicted molar refractivity (Wildman–Crippen MR) is 68.5 cm³/mol. The number of anilines is 1. The van der Waals surface area contributed by atoms with Crippen molar-refractivity contribution < 1.29 is 9.53 Å². The minimum atomic E-state index is -0.181. The van der Waals surface area contributed by atoms with Gasteiger partial charge in [0.05, 0.1) is 11.3 Å². The minimum Gasteiger partial charge on any atom is -0.482 e. The van der Waals surface area contributed by atoms with E-state index in [1.807, 2.05) is 6.07 Å². The molecule has 0 fully saturated rings. The van der Waals surface area contributed by atoms with Crippen molar-refractivity contribution in [1.82, 2.24) is 4.98 Å². The molecule has 3 rings (SSSR count). The van der Waals surface area contributed by atoms with Gasteiger partial charge >= 0.3 is 0 Å². The number of hydrogen-bond donors (Lipinski definition) is 1. The van der Waals surface area contributed by atoms with Crippen LogP contribution >= 0.6 is 0 Å². The van der Waals surface area contributed by atoms with Gasteiger partial charge in [-0.2, -0.15) is 5.26 Å². The molecule has 1 aromatic heterocycles. The first-order chi connectivity index (χ1) is 9.28. The molecule has 19 heavy (non-hydrogen) atoms. The molecule has 0 bridgehead atoms. The summed E-state index contributed by atoms with van der Waals surface area (Å²) >= 11 is 0. The van der Waals surface area contributed by atoms with Crippen LogP contribution in [0.25, 0.3) is 11.1 Å². The predicted octanol–water partition coefficient (Wildman–Crippen LogP) is 1.95. The van der Waals surface area contributed by atoms with E-state index in [2.05, 4.69) is 16.4 Å². The van der Waals surface area contributed by atoms with Gasteiger partial charge in [0.25, 0.3) is 5.91 Å². The van der Waals surface area contributed by atoms with Gasteiger partial charge in [0, 0.05) is 18.0 Å². The number of carbonyl (C=O) groups is 1. The molecular formula is C14H9N3O2. The molecule has 0 unspecified atom stereocenters. The quantitative estimate of drug-likeness (QED) is 0.840. The average Bonchev–Trinajstić information content (AvgIpc) is 2.46. The molecule has 0 atom stereocenters. The number of fused-ring (bicyclic) bond motifs is 1. The molecule has 0 radical (unpaired) electrons. The maximum absolute atomic E-state index is 11.3. The Bertz CT molecular complexity index is 704. The standard InChI is InChI=1S/C14H9N3O2/c15-6-10-7-16-4-3-11(10)9-1-2-13-12(5-9)17-14(18)8-19-13/h1-5,7H,8H2,(H,17,18). The molecule has 92 valence electrons. The van der Waals surface area contributed by atoms with E-state index in [-0.39, 0.29) is 12.5 Å². The number of nitrogens with zero attached hydrogens (tertiary/aromatic N) is 2. The molecule has 1 aliphatic heterocycles. The molecule has 5 heteroatoms. The Morgan fingerprint density at radius 3 is 3.11 bits per heavy atom. The number of nitriles is 1. The first-order valence-electron chi connectivity index (χ1n) is 5.69. The van der Waals surface area contributed by atoms with Crippen molar-refractivity contribution in [2.24, 2.45) is 0 Å². The summed E-state index contributed by atoms with van der Waals surface area (Å²) in [5, 5.41) is 11.8. The van der Waals surface area contributed by atoms with Crippen molar-refractivity contribution in [3.63, 3.8) is 0 Å². The van der Waals surface area contributed by atoms with Crippen molar-refractivity contribution in [1.29, 1.82) is 5.26 Å². The Morgan fingerprint density at radius 2 is 2.26 bits per heavy atom. The lowest BCUT2D eigenvalue weighted by Crippen LogP contribution is -2.25. The molecule has 1 aliphatic rings. The fourth-order valence-corrected chi connectivity index (χ4v) is 1.99. The van der Waals surface area contributed by atoms with Crippen molar-refractivity contribution >= 4 is 11.6 Å². The Balaban J connectivity index is 2.10. The molecule has 1 N–H and O–H groups in total. The van der Waals surface area contributed by atoms with E-state index >= 15 is 0 Å². The summed E-state index contributed by atoms with van der Waals surface area (Å²) in [5.74, 6) is 0.454. The summed E-state index contributed by atoms with van der Waals surface area (Å²) in [6.07, 6.45) is 3.15. The van der Waals surface area contributed by atoms with Gasteiger partial charge in [-0.05, 0) is 23.8 Å². The van der Waals surface area contributed by atoms with Crippen LogP contribution in [-0.2, 0) is 4.79 Å². The van der Waals surface area contributed by atoms with Gasteiger partial charge < -0.3 is 10.1 Å². The van der Waals surface area contributed by atoms with E-state index in [1.54, 1.807) is 24.4 Å². The van der Waals surface area contributed by atoms with Gasteiger partial charge in [0.1, 0.15) is 11.8 Å². The highest BCUT2D eigenvalue weighted by molar-refractivity contribution is 5.96. The number of pyridine rings is 1. The van der Waals surface area contributed by atoms with Gasteiger partial charge in [-0.1, -0.05) is 6.07 Å². The van der Waals surface area contributed by atoms with Crippen LogP contribution in [0.5, 0.6) is 5.75 Å². The van der Waals surface area contributed by atoms with Gasteiger partial charge in [-0.3, -0.25) is 9.78 Å². The lowest BCUT2D eigenvalue weighted by Gasteiger charge is -2.18. The second-order valence-corrected chi connectivity index (χ2v) is 4.08. The third-order valence-electron chi connectivity index (χ3n) is 2.86. The SMILES string of the molecule is N#Cc1cnccc1-c1ccc2c(c1)NC(=O)CO2. The fourth-order valence-electron chi connectivity index (χ4n) is 1.99. The third kappa shape index (κ3) is 2.00. The summed E-state index contributed by atoms with van der Waals surface area (Å²) < 4.78 is 5.29. The highest BCUT2D eigenvalue weighted by Gasteiger charge is 2.16. The van der Waals surface area contributed by atoms with Crippen LogP contribution in [0.3, 0.4) is 0 Å². The van der Waals surface area contributed by atoms with Gasteiger partial charge in [-0.25, -0.2) is 0 Å². The number of benzene rings is 1. The van der Waals surface area contributed by atoms with Crippen LogP contribution in [0, 0.1) is 11.3 Å². The molecule has 0 saturated carbocycles. The molecule has 2 aromatic rings. The molecule has 0 spiro atoms. The normalized spacial score (nSPS) is 12.9. The van der Waals surface area contributed by atoms with Crippen LogP contribution in [0.2, 0.25) is 0 Å². The van der Waals surface area contributed by atoms with Crippen LogP contribution in [0.15, 0.2) is 36.7 Å². The summed E-state index contributed by atoms with van der Waals surface area (Å²) in [7, 11) is 0. The summed E-state index contributed by atoms with van der Waals surface area (Å²) in [5.41, 5.74) is 2.73. The first-order valence-corrected chi connectivity index (χ1v) is 5.69. The Hall–Kier alpha value is -2.87. The van der Waals surface area contributed by atoms with Crippen LogP contribution in [0.4, 0.5) is 5.69 Å². The number of hydrogen-bond acceptors (Lipinski definition) is 4. The number of carbonyl (C=O) groups excluding carboxylic acids is 1. The van der Waals surface area contributed by atoms with Crippen LogP contribution in [-0.4, -0.2) is 17.5 Å². The number of aromatic nitrogens is 1. The van der Waals surface area contributed by atoms with E-state index in [0.717, 1.165) is 11.1 Å². The largest absolute Gasteiger partial charge is 0.482 e. The van der Waals surface area contributed by atoms with Gasteiger partial charge in [0.2, 0.25) is 0 Å². The Kier molecular flexibility index (Phi) is 2.62. The monoisotopic (exact) mass is 251 g/mol. The fraction of sp³-hybridized carbons (Fsp3) is 0.0714. The second-order valence-electron chi connectivity index (χ2n) is 4.08. The molecule has 1 aromatic carbocycles. The van der Waals surface area contributed by atoms with E-state index in [9.17, 15) is 4.79 Å². The summed E-state index contributed by atoms with van der Waals surface area (Å²) in [6, 6.07) is 9.30. The maximum atomic E-state index is 11.3. The zero-order valence-corrected chi connectivity index (χ0v) is 9.88. The molecule has 0 aliphatic carbocycles. The Morgan fingerprint density at radius 1 is 1.37 bits per heavy atom. The zero-order valence-electron chi connectivity index (χ0n) is 9.88. The minimum absolute atomic E-state index is 0.0328. The second kappa shape index (κ2) is 4.42. The number of rotatable bonds is 1. The zero-order chi connectivity index (χ0) is 13.2. The number of ether oxygens (including phenoxy) is 1. The Labute approximate surface area is 109 Å². The van der Waals surface area contributed by atoms with Gasteiger partial charge in [0.15, 0.2) is 6.61 Å². The molecule has 0 saturated heterocycles. The van der Waals surface area contributed by atoms with Crippen molar-refractivity contribution in [3.05, 3.63) is 42.2 Å². The lowest BCUT2D eigenvalue weighted by molar-refractivity contribution is -0.118. The molecule has 2 heterocycles. The first kappa shape index (κ1) is 11.2. The summed E-state index contributed by atoms with van der Waals surface area (Å²) in [6.45, 7) is 0.0328. The number of amides is 1. The maximum Gasteiger partial charge on any atom is 0.262 e. The average molecular weight is 251 g/mol. The van der Waals surface area contributed by atoms with E-state index < -0.39 is 0 Å². The van der Waals surface area contributed by atoms with Crippen molar-refractivity contribution in [2.45, 2.75) is 0 Å². The molecule has 1 amide bonds. The van der Waals surface area contributed by atoms with Crippen LogP contribution < -0.4 is 10.1 Å². The van der Waals surface area contributed by atoms with Gasteiger partial charge in [-0.15, -0.1) is 0 Å². The van der Waals surface area contributed by atoms with E-state index in [4.69, 9.17) is 10.00 Å². The van der Waals surface area contributed by atoms with Crippen LogP contribution in [0.1, 0.15) is 5.56 Å². The molecular weight excluding hydrogens is 242 g/mol. The topological polar surface area (TPSA) is 75.0 Å². The third-order valence-corrected chi connectivity index (χ3v) is 2.86. The van der Waals surface area contributed by atoms with E-state index in [0.29, 0.717) is 17.0 Å². The molecule has 5 nitrogen and oxygen atoms in total. The highest BCUT2D eigenvalue weighted by atomic mass is 16.5.